The van der Waals surface area contributed by atoms with Crippen molar-refractivity contribution in [3.63, 3.8) is 0 Å². The number of nitrogens with one attached hydrogen (secondary N) is 2. The van der Waals surface area contributed by atoms with Crippen LogP contribution in [0.25, 0.3) is 0 Å². The van der Waals surface area contributed by atoms with E-state index in [2.05, 4.69) is 38.7 Å². The van der Waals surface area contributed by atoms with E-state index in [1.807, 2.05) is 30.3 Å². The van der Waals surface area contributed by atoms with Crippen molar-refractivity contribution in [1.29, 1.82) is 0 Å². The molecule has 2 aromatic rings. The van der Waals surface area contributed by atoms with E-state index in [1.54, 1.807) is 14.2 Å². The second-order valence-electron chi connectivity index (χ2n) is 7.20. The van der Waals surface area contributed by atoms with E-state index in [0.29, 0.717) is 0 Å². The number of guanidine groups is 1. The summed E-state index contributed by atoms with van der Waals surface area (Å²) >= 11 is 6.07. The standard InChI is InChI=1S/C23H31ClN4O2.HI/c1-25-23(26-11-10-18-4-3-5-20(24)16-18)27-17-22(28-12-14-30-15-13-28)19-6-8-21(29-2)9-7-19;/h3-9,16,22H,10-15,17H2,1-2H3,(H2,25,26,27);1H. The van der Waals surface area contributed by atoms with Crippen LogP contribution < -0.4 is 15.4 Å². The lowest BCUT2D eigenvalue weighted by Gasteiger charge is -2.35. The Morgan fingerprint density at radius 1 is 1.16 bits per heavy atom. The van der Waals surface area contributed by atoms with Gasteiger partial charge in [0.25, 0.3) is 0 Å². The van der Waals surface area contributed by atoms with Gasteiger partial charge in [-0.1, -0.05) is 35.9 Å². The van der Waals surface area contributed by atoms with E-state index in [1.165, 1.54) is 11.1 Å². The molecule has 31 heavy (non-hydrogen) atoms. The lowest BCUT2D eigenvalue weighted by atomic mass is 10.0. The molecule has 1 atom stereocenters. The summed E-state index contributed by atoms with van der Waals surface area (Å²) in [5, 5.41) is 7.66. The Balaban J connectivity index is 0.00000341. The molecule has 3 rings (SSSR count). The molecule has 2 N–H and O–H groups in total. The molecule has 0 radical (unpaired) electrons. The quantitative estimate of drug-likeness (QED) is 0.294. The van der Waals surface area contributed by atoms with Crippen molar-refractivity contribution in [2.45, 2.75) is 12.5 Å². The Morgan fingerprint density at radius 3 is 2.55 bits per heavy atom. The highest BCUT2D eigenvalue weighted by Crippen LogP contribution is 2.23. The van der Waals surface area contributed by atoms with E-state index in [4.69, 9.17) is 21.1 Å². The van der Waals surface area contributed by atoms with Crippen LogP contribution in [0.5, 0.6) is 5.75 Å². The number of rotatable bonds is 8. The minimum atomic E-state index is 0. The van der Waals surface area contributed by atoms with Gasteiger partial charge in [0.2, 0.25) is 0 Å². The number of hydrogen-bond acceptors (Lipinski definition) is 4. The minimum absolute atomic E-state index is 0. The molecule has 0 amide bonds. The minimum Gasteiger partial charge on any atom is -0.497 e. The van der Waals surface area contributed by atoms with Gasteiger partial charge in [-0.15, -0.1) is 24.0 Å². The summed E-state index contributed by atoms with van der Waals surface area (Å²) in [6.07, 6.45) is 0.882. The molecular weight excluding hydrogens is 527 g/mol. The predicted octanol–water partition coefficient (Wildman–Crippen LogP) is 3.75. The van der Waals surface area contributed by atoms with E-state index in [-0.39, 0.29) is 30.0 Å². The molecule has 0 saturated carbocycles. The first kappa shape index (κ1) is 25.7. The van der Waals surface area contributed by atoms with Crippen molar-refractivity contribution in [2.24, 2.45) is 4.99 Å². The predicted molar refractivity (Wildman–Crippen MR) is 138 cm³/mol. The summed E-state index contributed by atoms with van der Waals surface area (Å²) < 4.78 is 10.9. The lowest BCUT2D eigenvalue weighted by Crippen LogP contribution is -2.46. The fourth-order valence-electron chi connectivity index (χ4n) is 3.60. The molecule has 1 saturated heterocycles. The molecule has 0 aliphatic carbocycles. The number of halogens is 2. The highest BCUT2D eigenvalue weighted by atomic mass is 127. The van der Waals surface area contributed by atoms with Gasteiger partial charge in [0.1, 0.15) is 5.75 Å². The number of ether oxygens (including phenoxy) is 2. The van der Waals surface area contributed by atoms with Gasteiger partial charge in [-0.05, 0) is 41.8 Å². The Kier molecular flexibility index (Phi) is 11.4. The van der Waals surface area contributed by atoms with Crippen molar-refractivity contribution in [1.82, 2.24) is 15.5 Å². The maximum absolute atomic E-state index is 6.07. The third-order valence-corrected chi connectivity index (χ3v) is 5.50. The average molecular weight is 559 g/mol. The van der Waals surface area contributed by atoms with E-state index in [0.717, 1.165) is 62.5 Å². The Hall–Kier alpha value is -1.55. The van der Waals surface area contributed by atoms with Crippen LogP contribution in [-0.4, -0.2) is 64.4 Å². The first-order valence-electron chi connectivity index (χ1n) is 10.3. The molecule has 0 bridgehead atoms. The van der Waals surface area contributed by atoms with Crippen molar-refractivity contribution >= 4 is 41.5 Å². The average Bonchev–Trinajstić information content (AvgIpc) is 2.79. The maximum atomic E-state index is 6.07. The summed E-state index contributed by atoms with van der Waals surface area (Å²) in [6, 6.07) is 16.5. The van der Waals surface area contributed by atoms with Crippen LogP contribution in [0.1, 0.15) is 17.2 Å². The fourth-order valence-corrected chi connectivity index (χ4v) is 3.82. The third-order valence-electron chi connectivity index (χ3n) is 5.27. The van der Waals surface area contributed by atoms with Gasteiger partial charge in [0.05, 0.1) is 26.4 Å². The molecule has 2 aromatic carbocycles. The van der Waals surface area contributed by atoms with Crippen molar-refractivity contribution in [3.8, 4) is 5.75 Å². The van der Waals surface area contributed by atoms with Crippen LogP contribution in [0.2, 0.25) is 5.02 Å². The number of benzene rings is 2. The molecular formula is C23H32ClIN4O2. The van der Waals surface area contributed by atoms with Gasteiger partial charge < -0.3 is 20.1 Å². The van der Waals surface area contributed by atoms with E-state index in [9.17, 15) is 0 Å². The van der Waals surface area contributed by atoms with E-state index >= 15 is 0 Å². The zero-order valence-electron chi connectivity index (χ0n) is 18.1. The number of aliphatic imine (C=N–C) groups is 1. The van der Waals surface area contributed by atoms with Crippen LogP contribution in [0.3, 0.4) is 0 Å². The van der Waals surface area contributed by atoms with Crippen LogP contribution in [-0.2, 0) is 11.2 Å². The molecule has 1 fully saturated rings. The number of hydrogen-bond donors (Lipinski definition) is 2. The highest BCUT2D eigenvalue weighted by molar-refractivity contribution is 14.0. The van der Waals surface area contributed by atoms with Gasteiger partial charge >= 0.3 is 0 Å². The lowest BCUT2D eigenvalue weighted by molar-refractivity contribution is 0.0170. The number of nitrogens with zero attached hydrogens (tertiary/aromatic N) is 2. The number of methoxy groups -OCH3 is 1. The summed E-state index contributed by atoms with van der Waals surface area (Å²) in [5.74, 6) is 1.66. The SMILES string of the molecule is CN=C(NCCc1cccc(Cl)c1)NCC(c1ccc(OC)cc1)N1CCOCC1.I. The smallest absolute Gasteiger partial charge is 0.191 e. The Morgan fingerprint density at radius 2 is 1.90 bits per heavy atom. The first-order valence-corrected chi connectivity index (χ1v) is 10.7. The largest absolute Gasteiger partial charge is 0.497 e. The van der Waals surface area contributed by atoms with Crippen LogP contribution in [0.15, 0.2) is 53.5 Å². The molecule has 1 aliphatic rings. The second-order valence-corrected chi connectivity index (χ2v) is 7.63. The van der Waals surface area contributed by atoms with Gasteiger partial charge in [0.15, 0.2) is 5.96 Å². The van der Waals surface area contributed by atoms with Gasteiger partial charge in [-0.2, -0.15) is 0 Å². The third kappa shape index (κ3) is 8.14. The topological polar surface area (TPSA) is 58.1 Å². The van der Waals surface area contributed by atoms with Crippen molar-refractivity contribution in [3.05, 3.63) is 64.7 Å². The summed E-state index contributed by atoms with van der Waals surface area (Å²) in [5.41, 5.74) is 2.45. The summed E-state index contributed by atoms with van der Waals surface area (Å²) in [6.45, 7) is 4.89. The van der Waals surface area contributed by atoms with E-state index < -0.39 is 0 Å². The molecule has 8 heteroatoms. The molecule has 1 heterocycles. The van der Waals surface area contributed by atoms with Crippen LogP contribution >= 0.6 is 35.6 Å². The second kappa shape index (κ2) is 13.8. The van der Waals surface area contributed by atoms with Gasteiger partial charge in [-0.25, -0.2) is 0 Å². The monoisotopic (exact) mass is 558 g/mol. The maximum Gasteiger partial charge on any atom is 0.191 e. The van der Waals surface area contributed by atoms with Crippen LogP contribution in [0.4, 0.5) is 0 Å². The summed E-state index contributed by atoms with van der Waals surface area (Å²) in [4.78, 5) is 6.84. The molecule has 0 spiro atoms. The van der Waals surface area contributed by atoms with Crippen molar-refractivity contribution < 1.29 is 9.47 Å². The van der Waals surface area contributed by atoms with Crippen LogP contribution in [0, 0.1) is 0 Å². The normalized spacial score (nSPS) is 15.6. The Bertz CT molecular complexity index is 813. The molecule has 170 valence electrons. The van der Waals surface area contributed by atoms with Gasteiger partial charge in [-0.3, -0.25) is 9.89 Å². The first-order chi connectivity index (χ1) is 14.7. The zero-order chi connectivity index (χ0) is 21.2. The van der Waals surface area contributed by atoms with Crippen molar-refractivity contribution in [2.75, 3.05) is 53.6 Å². The Labute approximate surface area is 207 Å². The molecule has 1 aliphatic heterocycles. The zero-order valence-corrected chi connectivity index (χ0v) is 21.2. The highest BCUT2D eigenvalue weighted by Gasteiger charge is 2.23. The number of morpholine rings is 1. The molecule has 6 nitrogen and oxygen atoms in total. The summed E-state index contributed by atoms with van der Waals surface area (Å²) in [7, 11) is 3.49. The molecule has 0 aromatic heterocycles. The van der Waals surface area contributed by atoms with Gasteiger partial charge in [0, 0.05) is 38.2 Å². The molecule has 1 unspecified atom stereocenters. The fraction of sp³-hybridized carbons (Fsp3) is 0.435.